The zero-order valence-corrected chi connectivity index (χ0v) is 15.6. The fraction of sp³-hybridized carbons (Fsp3) is 0.235. The van der Waals surface area contributed by atoms with Crippen molar-refractivity contribution in [3.63, 3.8) is 0 Å². The van der Waals surface area contributed by atoms with Gasteiger partial charge in [-0.2, -0.15) is 4.98 Å². The molecule has 9 nitrogen and oxygen atoms in total. The number of aryl methyl sites for hydroxylation is 1. The van der Waals surface area contributed by atoms with Gasteiger partial charge in [0.25, 0.3) is 5.56 Å². The number of nitrogens with one attached hydrogen (secondary N) is 1. The molecule has 0 bridgehead atoms. The van der Waals surface area contributed by atoms with E-state index in [9.17, 15) is 19.2 Å². The number of nitrogens with zero attached hydrogens (tertiary/aromatic N) is 4. The quantitative estimate of drug-likeness (QED) is 0.527. The van der Waals surface area contributed by atoms with Crippen molar-refractivity contribution in [1.29, 1.82) is 0 Å². The van der Waals surface area contributed by atoms with E-state index in [1.807, 2.05) is 0 Å². The first kappa shape index (κ1) is 18.6. The third kappa shape index (κ3) is 3.28. The number of imidazole rings is 1. The number of carbonyl (C=O) groups excluding carboxylic acids is 2. The number of aromatic nitrogens is 4. The van der Waals surface area contributed by atoms with Gasteiger partial charge in [0.1, 0.15) is 6.54 Å². The normalized spacial score (nSPS) is 11.0. The van der Waals surface area contributed by atoms with Crippen LogP contribution in [0, 0.1) is 0 Å². The molecule has 2 heterocycles. The lowest BCUT2D eigenvalue weighted by atomic mass is 10.1. The number of rotatable bonds is 4. The largest absolute Gasteiger partial charge is 0.332 e. The summed E-state index contributed by atoms with van der Waals surface area (Å²) >= 11 is 6.09. The van der Waals surface area contributed by atoms with Crippen LogP contribution in [-0.4, -0.2) is 30.4 Å². The van der Waals surface area contributed by atoms with E-state index in [-0.39, 0.29) is 28.8 Å². The molecular formula is C17H16ClN5O4. The lowest BCUT2D eigenvalue weighted by molar-refractivity contribution is -0.116. The van der Waals surface area contributed by atoms with Crippen LogP contribution in [0.15, 0.2) is 33.9 Å². The van der Waals surface area contributed by atoms with E-state index in [0.717, 1.165) is 4.57 Å². The van der Waals surface area contributed by atoms with Crippen LogP contribution in [0.2, 0.25) is 5.28 Å². The summed E-state index contributed by atoms with van der Waals surface area (Å²) in [6, 6.07) is 6.40. The molecule has 0 spiro atoms. The smallest absolute Gasteiger partial charge is 0.325 e. The van der Waals surface area contributed by atoms with E-state index in [0.29, 0.717) is 11.3 Å². The molecule has 10 heteroatoms. The Hall–Kier alpha value is -3.20. The number of hydrogen-bond donors (Lipinski definition) is 1. The van der Waals surface area contributed by atoms with Crippen molar-refractivity contribution >= 4 is 40.1 Å². The van der Waals surface area contributed by atoms with Crippen molar-refractivity contribution in [2.24, 2.45) is 14.1 Å². The van der Waals surface area contributed by atoms with E-state index in [1.165, 1.54) is 30.2 Å². The summed E-state index contributed by atoms with van der Waals surface area (Å²) in [5.41, 5.74) is 0.0558. The Labute approximate surface area is 157 Å². The lowest BCUT2D eigenvalue weighted by Gasteiger charge is -2.09. The molecular weight excluding hydrogens is 374 g/mol. The highest BCUT2D eigenvalue weighted by Gasteiger charge is 2.19. The monoisotopic (exact) mass is 389 g/mol. The van der Waals surface area contributed by atoms with Gasteiger partial charge in [-0.1, -0.05) is 0 Å². The molecule has 1 aromatic carbocycles. The SMILES string of the molecule is CC(=O)c1ccc(NC(=O)Cn2c(Cl)nc3c2c(=O)n(C)c(=O)n3C)cc1. The second-order valence-corrected chi connectivity index (χ2v) is 6.36. The van der Waals surface area contributed by atoms with Crippen molar-refractivity contribution in [3.05, 3.63) is 56.0 Å². The maximum Gasteiger partial charge on any atom is 0.332 e. The standard InChI is InChI=1S/C17H16ClN5O4/c1-9(24)10-4-6-11(7-5-10)19-12(25)8-23-13-14(20-16(23)18)21(2)17(27)22(3)15(13)26/h4-7H,8H2,1-3H3,(H,19,25). The summed E-state index contributed by atoms with van der Waals surface area (Å²) in [6.07, 6.45) is 0. The van der Waals surface area contributed by atoms with Crippen LogP contribution < -0.4 is 16.6 Å². The van der Waals surface area contributed by atoms with Crippen molar-refractivity contribution in [2.75, 3.05) is 5.32 Å². The number of fused-ring (bicyclic) bond motifs is 1. The topological polar surface area (TPSA) is 108 Å². The van der Waals surface area contributed by atoms with Gasteiger partial charge in [0.05, 0.1) is 0 Å². The van der Waals surface area contributed by atoms with Crippen LogP contribution >= 0.6 is 11.6 Å². The molecule has 0 unspecified atom stereocenters. The molecule has 1 N–H and O–H groups in total. The number of Topliss-reactive ketones (excluding diaryl/α,β-unsaturated/α-hetero) is 1. The first-order valence-corrected chi connectivity index (χ1v) is 8.31. The van der Waals surface area contributed by atoms with Gasteiger partial charge in [-0.05, 0) is 42.8 Å². The molecule has 0 aliphatic rings. The second-order valence-electron chi connectivity index (χ2n) is 6.03. The summed E-state index contributed by atoms with van der Waals surface area (Å²) in [5.74, 6) is -0.520. The predicted octanol–water partition coefficient (Wildman–Crippen LogP) is 0.928. The third-order valence-electron chi connectivity index (χ3n) is 4.18. The molecule has 1 amide bonds. The van der Waals surface area contributed by atoms with Crippen molar-refractivity contribution in [2.45, 2.75) is 13.5 Å². The number of ketones is 1. The Morgan fingerprint density at radius 3 is 2.33 bits per heavy atom. The highest BCUT2D eigenvalue weighted by atomic mass is 35.5. The van der Waals surface area contributed by atoms with Gasteiger partial charge in [0.15, 0.2) is 16.9 Å². The Balaban J connectivity index is 1.93. The summed E-state index contributed by atoms with van der Waals surface area (Å²) < 4.78 is 3.37. The number of hydrogen-bond acceptors (Lipinski definition) is 5. The van der Waals surface area contributed by atoms with Crippen LogP contribution in [0.25, 0.3) is 11.2 Å². The van der Waals surface area contributed by atoms with Crippen LogP contribution in [0.1, 0.15) is 17.3 Å². The number of carbonyl (C=O) groups is 2. The van der Waals surface area contributed by atoms with Crippen LogP contribution in [0.3, 0.4) is 0 Å². The van der Waals surface area contributed by atoms with Gasteiger partial charge in [0, 0.05) is 25.3 Å². The fourth-order valence-corrected chi connectivity index (χ4v) is 2.92. The molecule has 140 valence electrons. The van der Waals surface area contributed by atoms with Gasteiger partial charge in [-0.25, -0.2) is 4.79 Å². The van der Waals surface area contributed by atoms with Gasteiger partial charge < -0.3 is 5.32 Å². The maximum atomic E-state index is 12.4. The Morgan fingerprint density at radius 2 is 1.74 bits per heavy atom. The minimum atomic E-state index is -0.592. The molecule has 0 aliphatic heterocycles. The molecule has 0 aliphatic carbocycles. The van der Waals surface area contributed by atoms with E-state index in [4.69, 9.17) is 11.6 Å². The van der Waals surface area contributed by atoms with Crippen LogP contribution in [-0.2, 0) is 25.4 Å². The lowest BCUT2D eigenvalue weighted by Crippen LogP contribution is -2.37. The second kappa shape index (κ2) is 6.84. The minimum absolute atomic E-state index is 0.0617. The van der Waals surface area contributed by atoms with Crippen LogP contribution in [0.4, 0.5) is 5.69 Å². The molecule has 0 atom stereocenters. The van der Waals surface area contributed by atoms with E-state index in [1.54, 1.807) is 24.3 Å². The number of anilines is 1. The van der Waals surface area contributed by atoms with E-state index in [2.05, 4.69) is 10.3 Å². The summed E-state index contributed by atoms with van der Waals surface area (Å²) in [6.45, 7) is 1.19. The third-order valence-corrected chi connectivity index (χ3v) is 4.47. The van der Waals surface area contributed by atoms with Crippen LogP contribution in [0.5, 0.6) is 0 Å². The minimum Gasteiger partial charge on any atom is -0.325 e. The van der Waals surface area contributed by atoms with Crippen molar-refractivity contribution < 1.29 is 9.59 Å². The zero-order valence-electron chi connectivity index (χ0n) is 14.8. The Kier molecular flexibility index (Phi) is 4.71. The number of amides is 1. The maximum absolute atomic E-state index is 12.4. The Morgan fingerprint density at radius 1 is 1.11 bits per heavy atom. The molecule has 2 aromatic heterocycles. The molecule has 3 rings (SSSR count). The zero-order chi connectivity index (χ0) is 19.9. The summed E-state index contributed by atoms with van der Waals surface area (Å²) in [7, 11) is 2.81. The van der Waals surface area contributed by atoms with E-state index >= 15 is 0 Å². The fourth-order valence-electron chi connectivity index (χ4n) is 2.70. The van der Waals surface area contributed by atoms with Gasteiger partial charge in [0.2, 0.25) is 11.2 Å². The van der Waals surface area contributed by atoms with Gasteiger partial charge >= 0.3 is 5.69 Å². The first-order valence-electron chi connectivity index (χ1n) is 7.93. The summed E-state index contributed by atoms with van der Waals surface area (Å²) in [4.78, 5) is 52.1. The van der Waals surface area contributed by atoms with Crippen molar-refractivity contribution in [1.82, 2.24) is 18.7 Å². The van der Waals surface area contributed by atoms with Gasteiger partial charge in [-0.3, -0.25) is 28.1 Å². The molecule has 0 saturated carbocycles. The molecule has 0 saturated heterocycles. The number of benzene rings is 1. The van der Waals surface area contributed by atoms with Crippen molar-refractivity contribution in [3.8, 4) is 0 Å². The predicted molar refractivity (Wildman–Crippen MR) is 100 cm³/mol. The molecule has 0 radical (unpaired) electrons. The van der Waals surface area contributed by atoms with Gasteiger partial charge in [-0.15, -0.1) is 0 Å². The average Bonchev–Trinajstić information content (AvgIpc) is 2.95. The highest BCUT2D eigenvalue weighted by Crippen LogP contribution is 2.16. The summed E-state index contributed by atoms with van der Waals surface area (Å²) in [5, 5.41) is 2.59. The highest BCUT2D eigenvalue weighted by molar-refractivity contribution is 6.29. The molecule has 27 heavy (non-hydrogen) atoms. The number of halogens is 1. The first-order chi connectivity index (χ1) is 12.7. The average molecular weight is 390 g/mol. The molecule has 3 aromatic rings. The van der Waals surface area contributed by atoms with E-state index < -0.39 is 17.2 Å². The molecule has 0 fully saturated rings. The Bertz CT molecular complexity index is 1190.